The third-order valence-electron chi connectivity index (χ3n) is 8.57. The molecule has 1 aliphatic carbocycles. The highest BCUT2D eigenvalue weighted by molar-refractivity contribution is 6.02. The van der Waals surface area contributed by atoms with Gasteiger partial charge in [-0.15, -0.1) is 0 Å². The molecule has 46 heavy (non-hydrogen) atoms. The number of anilines is 5. The van der Waals surface area contributed by atoms with Crippen LogP contribution in [-0.4, -0.2) is 96.7 Å². The zero-order chi connectivity index (χ0) is 33.4. The molecule has 11 nitrogen and oxygen atoms in total. The number of urea groups is 1. The van der Waals surface area contributed by atoms with Gasteiger partial charge in [0.05, 0.1) is 30.7 Å². The predicted molar refractivity (Wildman–Crippen MR) is 163 cm³/mol. The molecule has 2 N–H and O–H groups in total. The van der Waals surface area contributed by atoms with Gasteiger partial charge in [-0.2, -0.15) is 18.2 Å². The number of methoxy groups -OCH3 is 1. The third kappa shape index (κ3) is 7.26. The molecule has 5 rings (SSSR count). The van der Waals surface area contributed by atoms with Gasteiger partial charge in [0.2, 0.25) is 17.8 Å². The van der Waals surface area contributed by atoms with Gasteiger partial charge in [0.15, 0.2) is 0 Å². The Bertz CT molecular complexity index is 1480. The van der Waals surface area contributed by atoms with E-state index in [1.807, 2.05) is 14.1 Å². The summed E-state index contributed by atoms with van der Waals surface area (Å²) < 4.78 is 73.7. The smallest absolute Gasteiger partial charge is 0.406 e. The van der Waals surface area contributed by atoms with Crippen LogP contribution in [0.2, 0.25) is 0 Å². The molecule has 2 aromatic rings. The Hall–Kier alpha value is -4.21. The Kier molecular flexibility index (Phi) is 9.29. The zero-order valence-electron chi connectivity index (χ0n) is 25.8. The minimum atomic E-state index is -4.66. The summed E-state index contributed by atoms with van der Waals surface area (Å²) in [4.78, 5) is 40.6. The van der Waals surface area contributed by atoms with E-state index in [0.29, 0.717) is 28.1 Å². The number of carbonyl (C=O) groups excluding carboxylic acids is 2. The van der Waals surface area contributed by atoms with E-state index in [1.165, 1.54) is 13.3 Å². The number of rotatable bonds is 9. The summed E-state index contributed by atoms with van der Waals surface area (Å²) in [6, 6.07) is 2.00. The number of halogens is 5. The number of nitrogens with one attached hydrogen (secondary N) is 2. The first kappa shape index (κ1) is 33.2. The van der Waals surface area contributed by atoms with Crippen LogP contribution in [0.4, 0.5) is 55.6 Å². The number of fused-ring (bicyclic) bond motifs is 1. The predicted octanol–water partition coefficient (Wildman–Crippen LogP) is 5.38. The van der Waals surface area contributed by atoms with Gasteiger partial charge >= 0.3 is 12.2 Å². The van der Waals surface area contributed by atoms with E-state index in [2.05, 4.69) is 37.0 Å². The van der Waals surface area contributed by atoms with E-state index in [1.54, 1.807) is 12.1 Å². The van der Waals surface area contributed by atoms with E-state index >= 15 is 0 Å². The van der Waals surface area contributed by atoms with Crippen molar-refractivity contribution in [1.82, 2.24) is 19.8 Å². The first-order valence-corrected chi connectivity index (χ1v) is 14.9. The monoisotopic (exact) mass is 652 g/mol. The molecule has 0 unspecified atom stereocenters. The number of alkyl halides is 5. The first-order chi connectivity index (χ1) is 21.7. The normalized spacial score (nSPS) is 20.2. The zero-order valence-corrected chi connectivity index (χ0v) is 25.8. The number of amides is 3. The first-order valence-electron chi connectivity index (χ1n) is 14.9. The summed E-state index contributed by atoms with van der Waals surface area (Å²) in [5.74, 6) is -2.91. The molecule has 2 fully saturated rings. The van der Waals surface area contributed by atoms with Crippen LogP contribution < -0.4 is 25.2 Å². The highest BCUT2D eigenvalue weighted by Crippen LogP contribution is 2.42. The van der Waals surface area contributed by atoms with Crippen molar-refractivity contribution < 1.29 is 36.3 Å². The van der Waals surface area contributed by atoms with Gasteiger partial charge < -0.3 is 30.1 Å². The van der Waals surface area contributed by atoms with Gasteiger partial charge in [0, 0.05) is 55.8 Å². The fraction of sp³-hybridized carbons (Fsp3) is 0.533. The summed E-state index contributed by atoms with van der Waals surface area (Å²) in [6.45, 7) is 3.10. The summed E-state index contributed by atoms with van der Waals surface area (Å²) >= 11 is 0. The minimum Gasteiger partial charge on any atom is -0.494 e. The van der Waals surface area contributed by atoms with E-state index in [-0.39, 0.29) is 30.2 Å². The van der Waals surface area contributed by atoms with Crippen molar-refractivity contribution in [1.29, 1.82) is 0 Å². The summed E-state index contributed by atoms with van der Waals surface area (Å²) in [6.07, 6.45) is -2.48. The van der Waals surface area contributed by atoms with E-state index in [4.69, 9.17) is 4.74 Å². The molecule has 250 valence electrons. The maximum atomic E-state index is 14.0. The molecule has 1 saturated carbocycles. The van der Waals surface area contributed by atoms with E-state index in [0.717, 1.165) is 36.2 Å². The van der Waals surface area contributed by atoms with Crippen molar-refractivity contribution in [3.05, 3.63) is 36.5 Å². The van der Waals surface area contributed by atoms with Crippen LogP contribution in [0.15, 0.2) is 31.0 Å². The summed E-state index contributed by atoms with van der Waals surface area (Å²) in [7, 11) is 5.49. The van der Waals surface area contributed by atoms with Gasteiger partial charge in [0.1, 0.15) is 18.1 Å². The lowest BCUT2D eigenvalue weighted by atomic mass is 9.90. The average Bonchev–Trinajstić information content (AvgIpc) is 3.48. The SMILES string of the molecule is C=CC(=O)Nc1cc(Nc2ncc3c(n2)N(C2CCC(F)(F)CC2)C(=O)N(CC(F)(F)F)C3)c(OC)cc1N1CC[C@@H](N(C)C)C1. The standard InChI is InChI=1S/C30H37F5N8O3/c1-5-25(44)37-21-12-22(24(46-4)13-23(21)41-11-8-20(16-41)40(2)3)38-27-36-14-18-15-42(17-30(33,34)35)28(45)43(26(18)39-27)19-6-9-29(31,32)10-7-19/h5,12-14,19-20H,1,6-11,15-17H2,2-4H3,(H,37,44)(H,36,38,39)/t20-/m1/s1. The second kappa shape index (κ2) is 12.9. The van der Waals surface area contributed by atoms with Crippen LogP contribution in [0.5, 0.6) is 5.75 Å². The molecular weight excluding hydrogens is 615 g/mol. The quantitative estimate of drug-likeness (QED) is 0.275. The molecule has 0 radical (unpaired) electrons. The molecule has 1 aromatic carbocycles. The summed E-state index contributed by atoms with van der Waals surface area (Å²) in [5, 5.41) is 5.88. The molecule has 16 heteroatoms. The topological polar surface area (TPSA) is 106 Å². The van der Waals surface area contributed by atoms with Crippen molar-refractivity contribution in [2.75, 3.05) is 61.3 Å². The lowest BCUT2D eigenvalue weighted by Crippen LogP contribution is -2.55. The molecule has 3 heterocycles. The molecule has 0 spiro atoms. The lowest BCUT2D eigenvalue weighted by molar-refractivity contribution is -0.141. The number of likely N-dealkylation sites (N-methyl/N-ethyl adjacent to an activating group) is 1. The van der Waals surface area contributed by atoms with Crippen LogP contribution >= 0.6 is 0 Å². The Labute approximate surface area is 263 Å². The van der Waals surface area contributed by atoms with Gasteiger partial charge in [-0.05, 0) is 45.5 Å². The number of benzene rings is 1. The minimum absolute atomic E-state index is 0.0112. The highest BCUT2D eigenvalue weighted by Gasteiger charge is 2.45. The van der Waals surface area contributed by atoms with Crippen molar-refractivity contribution in [2.24, 2.45) is 0 Å². The molecule has 1 saturated heterocycles. The van der Waals surface area contributed by atoms with Crippen LogP contribution in [-0.2, 0) is 11.3 Å². The number of hydrogen-bond acceptors (Lipinski definition) is 8. The molecule has 3 aliphatic rings. The summed E-state index contributed by atoms with van der Waals surface area (Å²) in [5.41, 5.74) is 1.80. The van der Waals surface area contributed by atoms with Crippen LogP contribution in [0, 0.1) is 0 Å². The molecule has 1 aromatic heterocycles. The number of carbonyl (C=O) groups is 2. The van der Waals surface area contributed by atoms with Crippen LogP contribution in [0.25, 0.3) is 0 Å². The number of hydrogen-bond donors (Lipinski definition) is 2. The van der Waals surface area contributed by atoms with Gasteiger partial charge in [0.25, 0.3) is 0 Å². The Balaban J connectivity index is 1.50. The average molecular weight is 653 g/mol. The van der Waals surface area contributed by atoms with E-state index < -0.39 is 56.0 Å². The Morgan fingerprint density at radius 1 is 1.20 bits per heavy atom. The highest BCUT2D eigenvalue weighted by atomic mass is 19.4. The third-order valence-corrected chi connectivity index (χ3v) is 8.57. The van der Waals surface area contributed by atoms with Gasteiger partial charge in [-0.3, -0.25) is 9.69 Å². The van der Waals surface area contributed by atoms with E-state index in [9.17, 15) is 31.5 Å². The number of ether oxygens (including phenoxy) is 1. The molecular formula is C30H37F5N8O3. The lowest BCUT2D eigenvalue weighted by Gasteiger charge is -2.42. The van der Waals surface area contributed by atoms with Gasteiger partial charge in [-0.1, -0.05) is 6.58 Å². The maximum Gasteiger partial charge on any atom is 0.406 e. The number of aromatic nitrogens is 2. The molecule has 1 atom stereocenters. The maximum absolute atomic E-state index is 14.0. The second-order valence-corrected chi connectivity index (χ2v) is 12.0. The van der Waals surface area contributed by atoms with Gasteiger partial charge in [-0.25, -0.2) is 18.6 Å². The molecule has 0 bridgehead atoms. The Morgan fingerprint density at radius 2 is 1.91 bits per heavy atom. The Morgan fingerprint density at radius 3 is 2.52 bits per heavy atom. The molecule has 3 amide bonds. The van der Waals surface area contributed by atoms with Crippen molar-refractivity contribution in [2.45, 2.75) is 62.8 Å². The largest absolute Gasteiger partial charge is 0.494 e. The van der Waals surface area contributed by atoms with Crippen LogP contribution in [0.3, 0.4) is 0 Å². The number of nitrogens with zero attached hydrogens (tertiary/aromatic N) is 6. The fourth-order valence-corrected chi connectivity index (χ4v) is 6.13. The fourth-order valence-electron chi connectivity index (χ4n) is 6.13. The van der Waals surface area contributed by atoms with Crippen molar-refractivity contribution in [3.8, 4) is 5.75 Å². The van der Waals surface area contributed by atoms with Crippen molar-refractivity contribution >= 4 is 40.8 Å². The second-order valence-electron chi connectivity index (χ2n) is 12.0. The van der Waals surface area contributed by atoms with Crippen LogP contribution in [0.1, 0.15) is 37.7 Å². The molecule has 2 aliphatic heterocycles. The van der Waals surface area contributed by atoms with Crippen molar-refractivity contribution in [3.63, 3.8) is 0 Å².